The fraction of sp³-hybridized carbons (Fsp3) is 0.240. The van der Waals surface area contributed by atoms with Crippen molar-refractivity contribution < 1.29 is 18.0 Å². The monoisotopic (exact) mass is 460 g/mol. The maximum Gasteiger partial charge on any atom is 0.416 e. The second-order valence-electron chi connectivity index (χ2n) is 7.46. The summed E-state index contributed by atoms with van der Waals surface area (Å²) < 4.78 is 38.5. The van der Waals surface area contributed by atoms with Gasteiger partial charge in [-0.1, -0.05) is 66.2 Å². The Bertz CT molecular complexity index is 1010. The number of hydrogen-bond donors (Lipinski definition) is 2. The summed E-state index contributed by atoms with van der Waals surface area (Å²) in [7, 11) is 1.58. The van der Waals surface area contributed by atoms with Gasteiger partial charge in [0.15, 0.2) is 0 Å². The van der Waals surface area contributed by atoms with Gasteiger partial charge in [0.1, 0.15) is 6.04 Å². The van der Waals surface area contributed by atoms with E-state index in [4.69, 9.17) is 11.6 Å². The van der Waals surface area contributed by atoms with Crippen LogP contribution in [-0.2, 0) is 17.4 Å². The Hall–Kier alpha value is -2.83. The van der Waals surface area contributed by atoms with Gasteiger partial charge in [-0.25, -0.2) is 0 Å². The molecule has 2 N–H and O–H groups in total. The molecule has 0 spiro atoms. The number of nitrogens with one attached hydrogen (secondary N) is 2. The van der Waals surface area contributed by atoms with Crippen LogP contribution in [-0.4, -0.2) is 13.0 Å². The van der Waals surface area contributed by atoms with E-state index in [0.717, 1.165) is 28.8 Å². The van der Waals surface area contributed by atoms with Gasteiger partial charge in [-0.05, 0) is 53.8 Å². The number of amides is 1. The lowest BCUT2D eigenvalue weighted by molar-refractivity contribution is -0.137. The summed E-state index contributed by atoms with van der Waals surface area (Å²) in [6.07, 6.45) is -3.25. The highest BCUT2D eigenvalue weighted by Gasteiger charge is 2.30. The Balaban J connectivity index is 1.83. The largest absolute Gasteiger partial charge is 0.416 e. The van der Waals surface area contributed by atoms with Crippen LogP contribution >= 0.6 is 11.6 Å². The number of carbonyl (C=O) groups is 1. The molecule has 1 amide bonds. The Morgan fingerprint density at radius 1 is 0.906 bits per heavy atom. The molecular weight excluding hydrogens is 437 g/mol. The molecule has 0 bridgehead atoms. The van der Waals surface area contributed by atoms with Gasteiger partial charge in [-0.2, -0.15) is 13.2 Å². The number of aryl methyl sites for hydroxylation is 1. The number of benzene rings is 3. The van der Waals surface area contributed by atoms with Crippen LogP contribution in [0.2, 0.25) is 5.02 Å². The molecule has 32 heavy (non-hydrogen) atoms. The minimum atomic E-state index is -4.36. The normalized spacial score (nSPS) is 13.4. The van der Waals surface area contributed by atoms with E-state index >= 15 is 0 Å². The highest BCUT2D eigenvalue weighted by atomic mass is 35.5. The van der Waals surface area contributed by atoms with Crippen LogP contribution < -0.4 is 10.6 Å². The summed E-state index contributed by atoms with van der Waals surface area (Å²) in [4.78, 5) is 12.6. The molecule has 0 aromatic heterocycles. The predicted octanol–water partition coefficient (Wildman–Crippen LogP) is 6.11. The third-order valence-corrected chi connectivity index (χ3v) is 5.54. The average Bonchev–Trinajstić information content (AvgIpc) is 2.80. The smallest absolute Gasteiger partial charge is 0.358 e. The Morgan fingerprint density at radius 3 is 2.09 bits per heavy atom. The van der Waals surface area contributed by atoms with Crippen molar-refractivity contribution >= 4 is 17.5 Å². The van der Waals surface area contributed by atoms with Crippen molar-refractivity contribution in [3.05, 3.63) is 106 Å². The molecule has 0 aliphatic carbocycles. The Morgan fingerprint density at radius 2 is 1.53 bits per heavy atom. The van der Waals surface area contributed by atoms with Crippen molar-refractivity contribution in [2.75, 3.05) is 7.05 Å². The van der Waals surface area contributed by atoms with Crippen molar-refractivity contribution in [1.29, 1.82) is 0 Å². The number of likely N-dealkylation sites (N-methyl/N-ethyl adjacent to an activating group) is 1. The summed E-state index contributed by atoms with van der Waals surface area (Å²) in [6, 6.07) is 21.1. The summed E-state index contributed by atoms with van der Waals surface area (Å²) in [5.41, 5.74) is 1.87. The average molecular weight is 461 g/mol. The van der Waals surface area contributed by atoms with Crippen molar-refractivity contribution in [3.8, 4) is 0 Å². The zero-order chi connectivity index (χ0) is 23.1. The first kappa shape index (κ1) is 23.8. The van der Waals surface area contributed by atoms with Crippen LogP contribution in [0.1, 0.15) is 40.8 Å². The standard InChI is InChI=1S/C25H24ClF3N2O/c1-30-24(32)23(19-5-3-2-4-6-19)31-22(18-10-14-21(26)15-11-18)16-9-17-7-12-20(13-8-17)25(27,28)29/h2-8,10-15,22-23,31H,9,16H2,1H3,(H,30,32)/t22-,23-/m1/s1. The molecule has 0 saturated heterocycles. The molecule has 3 nitrogen and oxygen atoms in total. The first-order chi connectivity index (χ1) is 15.3. The Labute approximate surface area is 190 Å². The molecule has 3 aromatic carbocycles. The van der Waals surface area contributed by atoms with E-state index in [0.29, 0.717) is 17.9 Å². The van der Waals surface area contributed by atoms with E-state index in [1.165, 1.54) is 12.1 Å². The Kier molecular flexibility index (Phi) is 7.94. The lowest BCUT2D eigenvalue weighted by atomic mass is 9.96. The van der Waals surface area contributed by atoms with Crippen molar-refractivity contribution in [2.24, 2.45) is 0 Å². The molecule has 0 fully saturated rings. The van der Waals surface area contributed by atoms with Crippen LogP contribution in [0.5, 0.6) is 0 Å². The van der Waals surface area contributed by atoms with Crippen LogP contribution in [0.4, 0.5) is 13.2 Å². The fourth-order valence-corrected chi connectivity index (χ4v) is 3.65. The van der Waals surface area contributed by atoms with Gasteiger partial charge in [0.25, 0.3) is 0 Å². The molecule has 7 heteroatoms. The third-order valence-electron chi connectivity index (χ3n) is 5.28. The summed E-state index contributed by atoms with van der Waals surface area (Å²) >= 11 is 6.04. The quantitative estimate of drug-likeness (QED) is 0.426. The predicted molar refractivity (Wildman–Crippen MR) is 120 cm³/mol. The molecular formula is C25H24ClF3N2O. The summed E-state index contributed by atoms with van der Waals surface area (Å²) in [6.45, 7) is 0. The molecule has 0 aliphatic rings. The van der Waals surface area contributed by atoms with Crippen molar-refractivity contribution in [3.63, 3.8) is 0 Å². The van der Waals surface area contributed by atoms with E-state index < -0.39 is 17.8 Å². The van der Waals surface area contributed by atoms with Crippen LogP contribution in [0.3, 0.4) is 0 Å². The van der Waals surface area contributed by atoms with Gasteiger partial charge in [0, 0.05) is 18.1 Å². The maximum atomic E-state index is 12.8. The highest BCUT2D eigenvalue weighted by molar-refractivity contribution is 6.30. The topological polar surface area (TPSA) is 41.1 Å². The van der Waals surface area contributed by atoms with Crippen molar-refractivity contribution in [1.82, 2.24) is 10.6 Å². The number of hydrogen-bond acceptors (Lipinski definition) is 2. The van der Waals surface area contributed by atoms with Crippen LogP contribution in [0.15, 0.2) is 78.9 Å². The molecule has 168 valence electrons. The zero-order valence-corrected chi connectivity index (χ0v) is 18.3. The molecule has 3 rings (SSSR count). The first-order valence-electron chi connectivity index (χ1n) is 10.2. The van der Waals surface area contributed by atoms with E-state index in [2.05, 4.69) is 10.6 Å². The minimum Gasteiger partial charge on any atom is -0.358 e. The van der Waals surface area contributed by atoms with E-state index in [1.54, 1.807) is 19.2 Å². The molecule has 0 radical (unpaired) electrons. The van der Waals surface area contributed by atoms with Gasteiger partial charge in [-0.15, -0.1) is 0 Å². The summed E-state index contributed by atoms with van der Waals surface area (Å²) in [5, 5.41) is 6.72. The lowest BCUT2D eigenvalue weighted by Crippen LogP contribution is -2.38. The van der Waals surface area contributed by atoms with Gasteiger partial charge in [0.05, 0.1) is 5.56 Å². The second kappa shape index (κ2) is 10.7. The van der Waals surface area contributed by atoms with E-state index in [-0.39, 0.29) is 11.9 Å². The van der Waals surface area contributed by atoms with Crippen molar-refractivity contribution in [2.45, 2.75) is 31.1 Å². The molecule has 0 saturated carbocycles. The molecule has 0 heterocycles. The fourth-order valence-electron chi connectivity index (χ4n) is 3.53. The minimum absolute atomic E-state index is 0.176. The second-order valence-corrected chi connectivity index (χ2v) is 7.90. The van der Waals surface area contributed by atoms with Crippen LogP contribution in [0.25, 0.3) is 0 Å². The van der Waals surface area contributed by atoms with Gasteiger partial charge in [0.2, 0.25) is 5.91 Å². The van der Waals surface area contributed by atoms with Gasteiger partial charge < -0.3 is 5.32 Å². The number of carbonyl (C=O) groups excluding carboxylic acids is 1. The third kappa shape index (κ3) is 6.34. The van der Waals surface area contributed by atoms with E-state index in [9.17, 15) is 18.0 Å². The number of rotatable bonds is 8. The molecule has 0 unspecified atom stereocenters. The molecule has 0 aliphatic heterocycles. The number of halogens is 4. The van der Waals surface area contributed by atoms with E-state index in [1.807, 2.05) is 42.5 Å². The SMILES string of the molecule is CNC(=O)[C@H](N[C@H](CCc1ccc(C(F)(F)F)cc1)c1ccc(Cl)cc1)c1ccccc1. The maximum absolute atomic E-state index is 12.8. The lowest BCUT2D eigenvalue weighted by Gasteiger charge is -2.26. The summed E-state index contributed by atoms with van der Waals surface area (Å²) in [5.74, 6) is -0.176. The van der Waals surface area contributed by atoms with Crippen LogP contribution in [0, 0.1) is 0 Å². The highest BCUT2D eigenvalue weighted by Crippen LogP contribution is 2.30. The van der Waals surface area contributed by atoms with Gasteiger partial charge >= 0.3 is 6.18 Å². The zero-order valence-electron chi connectivity index (χ0n) is 17.5. The first-order valence-corrected chi connectivity index (χ1v) is 10.6. The molecule has 2 atom stereocenters. The number of alkyl halides is 3. The molecule has 3 aromatic rings. The van der Waals surface area contributed by atoms with Gasteiger partial charge in [-0.3, -0.25) is 10.1 Å².